The topological polar surface area (TPSA) is 38.8 Å². The van der Waals surface area contributed by atoms with E-state index in [2.05, 4.69) is 11.0 Å². The smallest absolute Gasteiger partial charge is 0.335 e. The molecule has 1 unspecified atom stereocenters. The van der Waals surface area contributed by atoms with Gasteiger partial charge in [-0.1, -0.05) is 12.2 Å². The fourth-order valence-electron chi connectivity index (χ4n) is 2.31. The first-order chi connectivity index (χ1) is 8.24. The lowest BCUT2D eigenvalue weighted by Crippen LogP contribution is -2.39. The van der Waals surface area contributed by atoms with Gasteiger partial charge >= 0.3 is 5.97 Å². The quantitative estimate of drug-likeness (QED) is 0.542. The Hall–Kier alpha value is -1.29. The van der Waals surface area contributed by atoms with E-state index in [0.717, 1.165) is 30.7 Å². The summed E-state index contributed by atoms with van der Waals surface area (Å²) in [5.41, 5.74) is 1.79. The van der Waals surface area contributed by atoms with Gasteiger partial charge in [0.25, 0.3) is 0 Å². The Morgan fingerprint density at radius 3 is 3.18 bits per heavy atom. The number of allylic oxidation sites excluding steroid dienone is 1. The van der Waals surface area contributed by atoms with Gasteiger partial charge in [-0.05, 0) is 26.7 Å². The largest absolute Gasteiger partial charge is 0.463 e. The van der Waals surface area contributed by atoms with E-state index in [4.69, 9.17) is 9.47 Å². The maximum Gasteiger partial charge on any atom is 0.335 e. The average molecular weight is 237 g/mol. The molecule has 0 radical (unpaired) electrons. The minimum atomic E-state index is -0.184. The number of fused-ring (bicyclic) bond motifs is 1. The number of esters is 1. The van der Waals surface area contributed by atoms with Crippen molar-refractivity contribution in [2.45, 2.75) is 32.9 Å². The highest BCUT2D eigenvalue weighted by Crippen LogP contribution is 2.29. The molecular weight excluding hydrogens is 218 g/mol. The van der Waals surface area contributed by atoms with E-state index in [1.54, 1.807) is 0 Å². The van der Waals surface area contributed by atoms with E-state index in [-0.39, 0.29) is 12.2 Å². The summed E-state index contributed by atoms with van der Waals surface area (Å²) in [6.45, 7) is 5.69. The molecule has 2 heterocycles. The molecule has 0 aliphatic carbocycles. The number of rotatable bonds is 2. The zero-order chi connectivity index (χ0) is 12.3. The summed E-state index contributed by atoms with van der Waals surface area (Å²) in [6, 6.07) is 0. The Bertz CT molecular complexity index is 360. The summed E-state index contributed by atoms with van der Waals surface area (Å²) >= 11 is 0. The molecule has 0 N–H and O–H groups in total. The van der Waals surface area contributed by atoms with E-state index in [1.807, 2.05) is 19.9 Å². The molecule has 0 amide bonds. The summed E-state index contributed by atoms with van der Waals surface area (Å²) in [6.07, 6.45) is 5.80. The third-order valence-electron chi connectivity index (χ3n) is 3.23. The molecule has 0 bridgehead atoms. The van der Waals surface area contributed by atoms with Gasteiger partial charge in [-0.3, -0.25) is 0 Å². The van der Waals surface area contributed by atoms with Crippen LogP contribution in [0.3, 0.4) is 0 Å². The van der Waals surface area contributed by atoms with Gasteiger partial charge in [0.05, 0.1) is 18.8 Å². The summed E-state index contributed by atoms with van der Waals surface area (Å²) in [7, 11) is 0. The predicted molar refractivity (Wildman–Crippen MR) is 64.2 cm³/mol. The molecule has 17 heavy (non-hydrogen) atoms. The van der Waals surface area contributed by atoms with Gasteiger partial charge in [0.15, 0.2) is 0 Å². The molecule has 0 aromatic carbocycles. The highest BCUT2D eigenvalue weighted by atomic mass is 16.5. The van der Waals surface area contributed by atoms with E-state index in [1.165, 1.54) is 0 Å². The molecule has 0 saturated carbocycles. The Kier molecular flexibility index (Phi) is 3.84. The van der Waals surface area contributed by atoms with Crippen molar-refractivity contribution < 1.29 is 14.3 Å². The van der Waals surface area contributed by atoms with E-state index in [0.29, 0.717) is 13.2 Å². The summed E-state index contributed by atoms with van der Waals surface area (Å²) in [4.78, 5) is 13.9. The van der Waals surface area contributed by atoms with Crippen molar-refractivity contribution >= 4 is 5.97 Å². The van der Waals surface area contributed by atoms with Crippen molar-refractivity contribution in [1.29, 1.82) is 0 Å². The first-order valence-corrected chi connectivity index (χ1v) is 6.14. The molecule has 4 nitrogen and oxygen atoms in total. The van der Waals surface area contributed by atoms with Crippen LogP contribution >= 0.6 is 0 Å². The van der Waals surface area contributed by atoms with Crippen molar-refractivity contribution in [3.8, 4) is 0 Å². The van der Waals surface area contributed by atoms with Gasteiger partial charge in [0, 0.05) is 12.2 Å². The maximum atomic E-state index is 11.8. The van der Waals surface area contributed by atoms with Crippen molar-refractivity contribution in [2.75, 3.05) is 19.8 Å². The zero-order valence-electron chi connectivity index (χ0n) is 10.4. The van der Waals surface area contributed by atoms with Crippen LogP contribution in [0.15, 0.2) is 23.4 Å². The van der Waals surface area contributed by atoms with E-state index < -0.39 is 0 Å². The van der Waals surface area contributed by atoms with Crippen molar-refractivity contribution in [2.24, 2.45) is 0 Å². The van der Waals surface area contributed by atoms with Crippen molar-refractivity contribution in [1.82, 2.24) is 4.90 Å². The van der Waals surface area contributed by atoms with Crippen LogP contribution in [0.5, 0.6) is 0 Å². The first-order valence-electron chi connectivity index (χ1n) is 6.14. The number of nitrogens with zero attached hydrogens (tertiary/aromatic N) is 1. The fraction of sp³-hybridized carbons (Fsp3) is 0.615. The van der Waals surface area contributed by atoms with Crippen LogP contribution in [0.25, 0.3) is 0 Å². The molecule has 0 aromatic heterocycles. The third kappa shape index (κ3) is 2.52. The maximum absolute atomic E-state index is 11.8. The first kappa shape index (κ1) is 12.2. The minimum absolute atomic E-state index is 0.100. The fourth-order valence-corrected chi connectivity index (χ4v) is 2.31. The van der Waals surface area contributed by atoms with Gasteiger partial charge in [0.1, 0.15) is 6.23 Å². The van der Waals surface area contributed by atoms with Crippen LogP contribution in [0, 0.1) is 0 Å². The molecular formula is C13H19NO3. The standard InChI is InChI=1S/C13H19NO3/c1-3-16-13(15)11-6-7-12-14(10(11)2)8-4-5-9-17-12/h4-5,12H,3,6-9H2,1-2H3. The van der Waals surface area contributed by atoms with Gasteiger partial charge in [-0.2, -0.15) is 0 Å². The Labute approximate surface area is 102 Å². The highest BCUT2D eigenvalue weighted by Gasteiger charge is 2.30. The van der Waals surface area contributed by atoms with Gasteiger partial charge in [-0.15, -0.1) is 0 Å². The molecule has 4 heteroatoms. The van der Waals surface area contributed by atoms with Gasteiger partial charge in [0.2, 0.25) is 0 Å². The lowest BCUT2D eigenvalue weighted by Gasteiger charge is -2.36. The SMILES string of the molecule is CCOC(=O)C1=C(C)N2CC=CCOC2CC1. The Morgan fingerprint density at radius 1 is 1.59 bits per heavy atom. The Morgan fingerprint density at radius 2 is 2.41 bits per heavy atom. The van der Waals surface area contributed by atoms with E-state index >= 15 is 0 Å². The summed E-state index contributed by atoms with van der Waals surface area (Å²) < 4.78 is 10.8. The monoisotopic (exact) mass is 237 g/mol. The molecule has 2 aliphatic heterocycles. The average Bonchev–Trinajstić information content (AvgIpc) is 2.55. The van der Waals surface area contributed by atoms with Crippen LogP contribution in [0.1, 0.15) is 26.7 Å². The lowest BCUT2D eigenvalue weighted by molar-refractivity contribution is -0.139. The van der Waals surface area contributed by atoms with Crippen LogP contribution in [0.2, 0.25) is 0 Å². The molecule has 2 rings (SSSR count). The Balaban J connectivity index is 2.19. The second-order valence-corrected chi connectivity index (χ2v) is 4.23. The van der Waals surface area contributed by atoms with Crippen molar-refractivity contribution in [3.63, 3.8) is 0 Å². The molecule has 0 saturated heterocycles. The van der Waals surface area contributed by atoms with Gasteiger partial charge in [-0.25, -0.2) is 4.79 Å². The van der Waals surface area contributed by atoms with Crippen LogP contribution < -0.4 is 0 Å². The second kappa shape index (κ2) is 5.36. The zero-order valence-corrected chi connectivity index (χ0v) is 10.4. The number of carbonyl (C=O) groups is 1. The highest BCUT2D eigenvalue weighted by molar-refractivity contribution is 5.89. The molecule has 0 fully saturated rings. The van der Waals surface area contributed by atoms with Crippen molar-refractivity contribution in [3.05, 3.63) is 23.4 Å². The molecule has 0 spiro atoms. The second-order valence-electron chi connectivity index (χ2n) is 4.23. The van der Waals surface area contributed by atoms with Crippen LogP contribution in [-0.4, -0.2) is 36.9 Å². The molecule has 94 valence electrons. The lowest BCUT2D eigenvalue weighted by atomic mass is 10.0. The van der Waals surface area contributed by atoms with Crippen LogP contribution in [0.4, 0.5) is 0 Å². The summed E-state index contributed by atoms with van der Waals surface area (Å²) in [5.74, 6) is -0.184. The number of ether oxygens (including phenoxy) is 2. The van der Waals surface area contributed by atoms with Crippen LogP contribution in [-0.2, 0) is 14.3 Å². The number of hydrogen-bond donors (Lipinski definition) is 0. The predicted octanol–water partition coefficient (Wildman–Crippen LogP) is 1.83. The number of hydrogen-bond acceptors (Lipinski definition) is 4. The molecule has 0 aromatic rings. The number of carbonyl (C=O) groups excluding carboxylic acids is 1. The molecule has 1 atom stereocenters. The normalized spacial score (nSPS) is 24.4. The van der Waals surface area contributed by atoms with Gasteiger partial charge < -0.3 is 14.4 Å². The molecule has 2 aliphatic rings. The van der Waals surface area contributed by atoms with E-state index in [9.17, 15) is 4.79 Å². The third-order valence-corrected chi connectivity index (χ3v) is 3.23. The summed E-state index contributed by atoms with van der Waals surface area (Å²) in [5, 5.41) is 0. The minimum Gasteiger partial charge on any atom is -0.463 e.